The van der Waals surface area contributed by atoms with Gasteiger partial charge in [-0.25, -0.2) is 0 Å². The molecule has 0 saturated heterocycles. The lowest BCUT2D eigenvalue weighted by Gasteiger charge is -2.18. The van der Waals surface area contributed by atoms with E-state index in [1.165, 1.54) is 89.9 Å². The van der Waals surface area contributed by atoms with E-state index in [9.17, 15) is 14.4 Å². The van der Waals surface area contributed by atoms with E-state index in [0.717, 1.165) is 83.5 Å². The topological polar surface area (TPSA) is 78.9 Å². The van der Waals surface area contributed by atoms with Gasteiger partial charge in [-0.1, -0.05) is 220 Å². The SMILES string of the molecule is CC/C=C\C/C=C\C/C=C\C/C=C\C/C=C\CCCC(=O)OC[C@H](COC(=O)CCCCCCCCCCCCCCC)OC(=O)CCC/C=C\C/C=C\C/C=C\C/C=C\CCCCC. The van der Waals surface area contributed by atoms with Crippen molar-refractivity contribution in [2.75, 3.05) is 13.2 Å². The largest absolute Gasteiger partial charge is 0.462 e. The lowest BCUT2D eigenvalue weighted by atomic mass is 10.0. The number of unbranched alkanes of at least 4 members (excludes halogenated alkanes) is 17. The fourth-order valence-electron chi connectivity index (χ4n) is 6.82. The van der Waals surface area contributed by atoms with E-state index in [4.69, 9.17) is 14.2 Å². The highest BCUT2D eigenvalue weighted by molar-refractivity contribution is 5.71. The van der Waals surface area contributed by atoms with Gasteiger partial charge in [-0.15, -0.1) is 0 Å². The van der Waals surface area contributed by atoms with Crippen LogP contribution >= 0.6 is 0 Å². The molecule has 0 aliphatic heterocycles. The lowest BCUT2D eigenvalue weighted by molar-refractivity contribution is -0.167. The molecule has 0 aliphatic rings. The Morgan fingerprint density at radius 3 is 1.00 bits per heavy atom. The van der Waals surface area contributed by atoms with Crippen molar-refractivity contribution >= 4 is 17.9 Å². The van der Waals surface area contributed by atoms with Crippen molar-refractivity contribution in [1.82, 2.24) is 0 Å². The van der Waals surface area contributed by atoms with Crippen molar-refractivity contribution in [2.45, 2.75) is 232 Å². The maximum absolute atomic E-state index is 12.8. The molecule has 6 nitrogen and oxygen atoms in total. The summed E-state index contributed by atoms with van der Waals surface area (Å²) in [4.78, 5) is 38.0. The van der Waals surface area contributed by atoms with Crippen LogP contribution in [0.2, 0.25) is 0 Å². The second-order valence-electron chi connectivity index (χ2n) is 17.1. The zero-order valence-electron chi connectivity index (χ0n) is 42.0. The van der Waals surface area contributed by atoms with Gasteiger partial charge < -0.3 is 14.2 Å². The third kappa shape index (κ3) is 50.9. The van der Waals surface area contributed by atoms with Gasteiger partial charge in [-0.05, 0) is 96.3 Å². The normalized spacial score (nSPS) is 13.0. The molecule has 0 fully saturated rings. The smallest absolute Gasteiger partial charge is 0.306 e. The van der Waals surface area contributed by atoms with Crippen LogP contribution in [0.15, 0.2) is 109 Å². The molecule has 6 heteroatoms. The van der Waals surface area contributed by atoms with Gasteiger partial charge in [0.1, 0.15) is 13.2 Å². The van der Waals surface area contributed by atoms with E-state index in [-0.39, 0.29) is 44.0 Å². The van der Waals surface area contributed by atoms with E-state index < -0.39 is 6.10 Å². The minimum absolute atomic E-state index is 0.118. The number of carbonyl (C=O) groups excluding carboxylic acids is 3. The van der Waals surface area contributed by atoms with Crippen LogP contribution in [0.3, 0.4) is 0 Å². The molecule has 65 heavy (non-hydrogen) atoms. The van der Waals surface area contributed by atoms with E-state index in [1.54, 1.807) is 0 Å². The van der Waals surface area contributed by atoms with Crippen molar-refractivity contribution in [1.29, 1.82) is 0 Å². The average Bonchev–Trinajstić information content (AvgIpc) is 3.30. The van der Waals surface area contributed by atoms with Gasteiger partial charge >= 0.3 is 17.9 Å². The van der Waals surface area contributed by atoms with Gasteiger partial charge in [0, 0.05) is 19.3 Å². The van der Waals surface area contributed by atoms with Gasteiger partial charge in [0.2, 0.25) is 0 Å². The van der Waals surface area contributed by atoms with Crippen LogP contribution in [0, 0.1) is 0 Å². The molecule has 0 aromatic heterocycles. The van der Waals surface area contributed by atoms with Gasteiger partial charge in [0.25, 0.3) is 0 Å². The first-order valence-electron chi connectivity index (χ1n) is 26.4. The number of ether oxygens (including phenoxy) is 3. The lowest BCUT2D eigenvalue weighted by Crippen LogP contribution is -2.30. The Morgan fingerprint density at radius 2 is 0.615 bits per heavy atom. The first-order chi connectivity index (χ1) is 32.0. The Morgan fingerprint density at radius 1 is 0.323 bits per heavy atom. The summed E-state index contributed by atoms with van der Waals surface area (Å²) >= 11 is 0. The minimum atomic E-state index is -0.829. The molecule has 0 heterocycles. The molecule has 0 bridgehead atoms. The highest BCUT2D eigenvalue weighted by Crippen LogP contribution is 2.14. The zero-order valence-corrected chi connectivity index (χ0v) is 42.0. The molecule has 0 radical (unpaired) electrons. The molecular weight excluding hydrogens is 805 g/mol. The monoisotopic (exact) mass is 901 g/mol. The Bertz CT molecular complexity index is 1360. The summed E-state index contributed by atoms with van der Waals surface area (Å²) in [6.45, 7) is 6.39. The van der Waals surface area contributed by atoms with Gasteiger partial charge in [-0.3, -0.25) is 14.4 Å². The van der Waals surface area contributed by atoms with E-state index in [1.807, 2.05) is 0 Å². The quantitative estimate of drug-likeness (QED) is 0.0262. The zero-order chi connectivity index (χ0) is 47.2. The Labute approximate surface area is 400 Å². The second kappa shape index (κ2) is 52.7. The van der Waals surface area contributed by atoms with Crippen molar-refractivity contribution in [3.05, 3.63) is 109 Å². The summed E-state index contributed by atoms with van der Waals surface area (Å²) in [6.07, 6.45) is 70.8. The fraction of sp³-hybridized carbons (Fsp3) is 0.644. The summed E-state index contributed by atoms with van der Waals surface area (Å²) in [5, 5.41) is 0. The first kappa shape index (κ1) is 61.1. The minimum Gasteiger partial charge on any atom is -0.462 e. The maximum atomic E-state index is 12.8. The molecule has 0 unspecified atom stereocenters. The molecule has 368 valence electrons. The van der Waals surface area contributed by atoms with Crippen LogP contribution in [0.5, 0.6) is 0 Å². The molecule has 0 rings (SSSR count). The number of rotatable bonds is 46. The highest BCUT2D eigenvalue weighted by atomic mass is 16.6. The average molecular weight is 901 g/mol. The predicted octanol–water partition coefficient (Wildman–Crippen LogP) is 17.5. The summed E-state index contributed by atoms with van der Waals surface area (Å²) in [5.41, 5.74) is 0. The summed E-state index contributed by atoms with van der Waals surface area (Å²) in [7, 11) is 0. The fourth-order valence-corrected chi connectivity index (χ4v) is 6.82. The standard InChI is InChI=1S/C59H96O6/c1-4-7-10-13-16-19-22-25-27-29-31-34-37-40-43-46-49-52-58(61)64-55-56(54-63-57(60)51-48-45-42-39-36-33-24-21-18-15-12-9-6-3)65-59(62)53-50-47-44-41-38-35-32-30-28-26-23-20-17-14-11-8-5-2/h7,10,16-17,19-20,25-28,31-32,34-35,40-41,43-44,56H,4-6,8-9,11-15,18,21-24,29-30,33,36-39,42,45-55H2,1-3H3/b10-7-,19-16-,20-17-,27-25-,28-26-,34-31-,35-32-,43-40-,44-41-/t56-/m0/s1. The van der Waals surface area contributed by atoms with Crippen LogP contribution in [0.4, 0.5) is 0 Å². The third-order valence-corrected chi connectivity index (χ3v) is 10.8. The van der Waals surface area contributed by atoms with Crippen molar-refractivity contribution in [3.8, 4) is 0 Å². The van der Waals surface area contributed by atoms with E-state index >= 15 is 0 Å². The van der Waals surface area contributed by atoms with Gasteiger partial charge in [0.15, 0.2) is 6.10 Å². The molecular formula is C59H96O6. The summed E-state index contributed by atoms with van der Waals surface area (Å²) in [5.74, 6) is -1.04. The van der Waals surface area contributed by atoms with Crippen LogP contribution in [0.1, 0.15) is 226 Å². The first-order valence-corrected chi connectivity index (χ1v) is 26.4. The molecule has 0 amide bonds. The number of allylic oxidation sites excluding steroid dienone is 18. The summed E-state index contributed by atoms with van der Waals surface area (Å²) in [6, 6.07) is 0. The van der Waals surface area contributed by atoms with Gasteiger partial charge in [-0.2, -0.15) is 0 Å². The number of hydrogen-bond donors (Lipinski definition) is 0. The van der Waals surface area contributed by atoms with Crippen molar-refractivity contribution in [2.24, 2.45) is 0 Å². The molecule has 0 saturated carbocycles. The van der Waals surface area contributed by atoms with E-state index in [2.05, 4.69) is 130 Å². The molecule has 1 atom stereocenters. The molecule has 0 aliphatic carbocycles. The maximum Gasteiger partial charge on any atom is 0.306 e. The predicted molar refractivity (Wildman–Crippen MR) is 279 cm³/mol. The number of carbonyl (C=O) groups is 3. The van der Waals surface area contributed by atoms with E-state index in [0.29, 0.717) is 19.3 Å². The van der Waals surface area contributed by atoms with Crippen LogP contribution in [-0.4, -0.2) is 37.2 Å². The second-order valence-corrected chi connectivity index (χ2v) is 17.1. The van der Waals surface area contributed by atoms with Crippen LogP contribution in [-0.2, 0) is 28.6 Å². The number of esters is 3. The van der Waals surface area contributed by atoms with Crippen molar-refractivity contribution < 1.29 is 28.6 Å². The van der Waals surface area contributed by atoms with Crippen LogP contribution in [0.25, 0.3) is 0 Å². The molecule has 0 N–H and O–H groups in total. The Hall–Kier alpha value is -3.93. The summed E-state index contributed by atoms with van der Waals surface area (Å²) < 4.78 is 16.7. The molecule has 0 spiro atoms. The van der Waals surface area contributed by atoms with Crippen molar-refractivity contribution in [3.63, 3.8) is 0 Å². The third-order valence-electron chi connectivity index (χ3n) is 10.8. The number of hydrogen-bond acceptors (Lipinski definition) is 6. The Balaban J connectivity index is 4.58. The van der Waals surface area contributed by atoms with Crippen LogP contribution < -0.4 is 0 Å². The van der Waals surface area contributed by atoms with Gasteiger partial charge in [0.05, 0.1) is 0 Å². The highest BCUT2D eigenvalue weighted by Gasteiger charge is 2.19. The molecule has 0 aromatic rings. The molecule has 0 aromatic carbocycles. The Kier molecular flexibility index (Phi) is 49.5.